The summed E-state index contributed by atoms with van der Waals surface area (Å²) in [6.45, 7) is -0.736. The molecule has 0 saturated heterocycles. The zero-order valence-corrected chi connectivity index (χ0v) is 16.2. The molecule has 0 spiro atoms. The van der Waals surface area contributed by atoms with Gasteiger partial charge >= 0.3 is 5.76 Å². The van der Waals surface area contributed by atoms with Crippen LogP contribution in [0.15, 0.2) is 36.6 Å². The van der Waals surface area contributed by atoms with Gasteiger partial charge in [-0.2, -0.15) is 0 Å². The van der Waals surface area contributed by atoms with Gasteiger partial charge in [0.25, 0.3) is 5.91 Å². The summed E-state index contributed by atoms with van der Waals surface area (Å²) in [5, 5.41) is 22.2. The van der Waals surface area contributed by atoms with Crippen LogP contribution in [-0.4, -0.2) is 50.0 Å². The second kappa shape index (κ2) is 8.87. The van der Waals surface area contributed by atoms with Gasteiger partial charge in [-0.05, 0) is 52.1 Å². The van der Waals surface area contributed by atoms with Crippen LogP contribution in [0, 0.1) is 5.82 Å². The van der Waals surface area contributed by atoms with Crippen molar-refractivity contribution in [1.82, 2.24) is 25.4 Å². The number of ketones is 1. The lowest BCUT2D eigenvalue weighted by molar-refractivity contribution is -0.139. The van der Waals surface area contributed by atoms with E-state index in [4.69, 9.17) is 14.3 Å². The summed E-state index contributed by atoms with van der Waals surface area (Å²) < 4.78 is 24.2. The molecular formula is C16H13BrFN5O6. The fourth-order valence-corrected chi connectivity index (χ4v) is 2.79. The van der Waals surface area contributed by atoms with Crippen molar-refractivity contribution >= 4 is 27.6 Å². The van der Waals surface area contributed by atoms with E-state index in [9.17, 15) is 18.8 Å². The van der Waals surface area contributed by atoms with Gasteiger partial charge in [0.15, 0.2) is 5.69 Å². The largest absolute Gasteiger partial charge is 0.446 e. The number of hydrogen-bond donors (Lipinski definition) is 2. The highest BCUT2D eigenvalue weighted by Gasteiger charge is 2.23. The van der Waals surface area contributed by atoms with Gasteiger partial charge in [-0.15, -0.1) is 0 Å². The van der Waals surface area contributed by atoms with Gasteiger partial charge in [-0.3, -0.25) is 14.1 Å². The minimum absolute atomic E-state index is 0.00394. The van der Waals surface area contributed by atoms with Crippen LogP contribution in [-0.2, 0) is 16.0 Å². The summed E-state index contributed by atoms with van der Waals surface area (Å²) in [5.74, 6) is -3.15. The molecule has 2 heterocycles. The highest BCUT2D eigenvalue weighted by Crippen LogP contribution is 2.24. The number of aromatic nitrogens is 4. The van der Waals surface area contributed by atoms with Crippen LogP contribution in [0.3, 0.4) is 0 Å². The van der Waals surface area contributed by atoms with Gasteiger partial charge in [0.2, 0.25) is 11.6 Å². The molecule has 0 saturated carbocycles. The first kappa shape index (κ1) is 20.5. The molecule has 0 bridgehead atoms. The number of nitrogens with one attached hydrogen (secondary N) is 1. The van der Waals surface area contributed by atoms with Crippen molar-refractivity contribution in [2.75, 3.05) is 13.2 Å². The van der Waals surface area contributed by atoms with Crippen molar-refractivity contribution in [3.8, 4) is 17.2 Å². The van der Waals surface area contributed by atoms with Crippen LogP contribution < -0.4 is 11.1 Å². The van der Waals surface area contributed by atoms with E-state index < -0.39 is 29.9 Å². The number of rotatable bonds is 8. The van der Waals surface area contributed by atoms with Gasteiger partial charge < -0.3 is 10.4 Å². The van der Waals surface area contributed by atoms with Gasteiger partial charge in [0, 0.05) is 6.54 Å². The van der Waals surface area contributed by atoms with Crippen LogP contribution in [0.4, 0.5) is 4.39 Å². The Hall–Kier alpha value is -3.19. The monoisotopic (exact) mass is 469 g/mol. The van der Waals surface area contributed by atoms with Crippen molar-refractivity contribution in [2.45, 2.75) is 12.8 Å². The minimum atomic E-state index is -0.939. The third-order valence-corrected chi connectivity index (χ3v) is 4.41. The van der Waals surface area contributed by atoms with Crippen LogP contribution in [0.25, 0.3) is 17.2 Å². The van der Waals surface area contributed by atoms with Crippen molar-refractivity contribution in [3.63, 3.8) is 0 Å². The number of halogens is 2. The quantitative estimate of drug-likeness (QED) is 0.352. The fraction of sp³-hybridized carbons (Fsp3) is 0.250. The second-order valence-electron chi connectivity index (χ2n) is 5.71. The van der Waals surface area contributed by atoms with Crippen molar-refractivity contribution in [2.24, 2.45) is 0 Å². The molecule has 0 fully saturated rings. The van der Waals surface area contributed by atoms with Crippen molar-refractivity contribution < 1.29 is 28.2 Å². The second-order valence-corrected chi connectivity index (χ2v) is 6.56. The Morgan fingerprint density at radius 2 is 2.07 bits per heavy atom. The van der Waals surface area contributed by atoms with E-state index in [0.717, 1.165) is 4.57 Å². The Labute approximate surface area is 169 Å². The molecular weight excluding hydrogens is 457 g/mol. The Morgan fingerprint density at radius 1 is 1.28 bits per heavy atom. The van der Waals surface area contributed by atoms with Crippen LogP contribution >= 0.6 is 15.9 Å². The summed E-state index contributed by atoms with van der Waals surface area (Å²) in [6, 6.07) is 3.91. The van der Waals surface area contributed by atoms with E-state index in [-0.39, 0.29) is 34.6 Å². The SMILES string of the molecule is O=C(CO)C(=O)NCCCc1nonc1-c1noc(=O)n1-c1ccc(F)c(Br)c1. The van der Waals surface area contributed by atoms with Crippen molar-refractivity contribution in [1.29, 1.82) is 0 Å². The smallest absolute Gasteiger partial charge is 0.388 e. The summed E-state index contributed by atoms with van der Waals surface area (Å²) in [7, 11) is 0. The first-order chi connectivity index (χ1) is 13.9. The molecule has 0 atom stereocenters. The average Bonchev–Trinajstić information content (AvgIpc) is 3.32. The maximum atomic E-state index is 13.5. The molecule has 0 aliphatic heterocycles. The molecule has 0 aliphatic carbocycles. The molecule has 0 aliphatic rings. The lowest BCUT2D eigenvalue weighted by Crippen LogP contribution is -2.33. The average molecular weight is 470 g/mol. The van der Waals surface area contributed by atoms with Crippen molar-refractivity contribution in [3.05, 3.63) is 44.7 Å². The van der Waals surface area contributed by atoms with Gasteiger partial charge in [0.05, 0.1) is 10.2 Å². The number of nitrogens with zero attached hydrogens (tertiary/aromatic N) is 4. The molecule has 13 heteroatoms. The standard InChI is InChI=1S/C16H13BrFN5O6/c17-9-6-8(3-4-10(9)18)23-14(22-28-16(23)27)13-11(20-29-21-13)2-1-5-19-15(26)12(25)7-24/h3-4,6,24H,1-2,5,7H2,(H,19,26). The molecule has 1 aromatic carbocycles. The minimum Gasteiger partial charge on any atom is -0.388 e. The Balaban J connectivity index is 1.79. The van der Waals surface area contributed by atoms with E-state index in [0.29, 0.717) is 12.1 Å². The Morgan fingerprint density at radius 3 is 2.79 bits per heavy atom. The Bertz CT molecular complexity index is 1110. The fourth-order valence-electron chi connectivity index (χ4n) is 2.42. The lowest BCUT2D eigenvalue weighted by atomic mass is 10.2. The number of carbonyl (C=O) groups excluding carboxylic acids is 2. The zero-order chi connectivity index (χ0) is 21.0. The van der Waals surface area contributed by atoms with E-state index in [1.165, 1.54) is 18.2 Å². The van der Waals surface area contributed by atoms with Gasteiger partial charge in [-0.1, -0.05) is 10.3 Å². The van der Waals surface area contributed by atoms with Crippen LogP contribution in [0.2, 0.25) is 0 Å². The third kappa shape index (κ3) is 4.46. The first-order valence-electron chi connectivity index (χ1n) is 8.20. The maximum absolute atomic E-state index is 13.5. The van der Waals surface area contributed by atoms with Crippen LogP contribution in [0.1, 0.15) is 12.1 Å². The number of hydrogen-bond acceptors (Lipinski definition) is 9. The highest BCUT2D eigenvalue weighted by molar-refractivity contribution is 9.10. The molecule has 29 heavy (non-hydrogen) atoms. The molecule has 3 rings (SSSR count). The number of amides is 1. The maximum Gasteiger partial charge on any atom is 0.446 e. The summed E-state index contributed by atoms with van der Waals surface area (Å²) in [5.41, 5.74) is 0.744. The third-order valence-electron chi connectivity index (χ3n) is 3.81. The van der Waals surface area contributed by atoms with Gasteiger partial charge in [-0.25, -0.2) is 18.4 Å². The summed E-state index contributed by atoms with van der Waals surface area (Å²) in [6.07, 6.45) is 0.621. The highest BCUT2D eigenvalue weighted by atomic mass is 79.9. The van der Waals surface area contributed by atoms with Crippen LogP contribution in [0.5, 0.6) is 0 Å². The van der Waals surface area contributed by atoms with Gasteiger partial charge in [0.1, 0.15) is 18.1 Å². The lowest BCUT2D eigenvalue weighted by Gasteiger charge is -2.05. The number of carbonyl (C=O) groups is 2. The molecule has 0 unspecified atom stereocenters. The normalized spacial score (nSPS) is 10.9. The van der Waals surface area contributed by atoms with E-state index in [2.05, 4.69) is 36.7 Å². The Kier molecular flexibility index (Phi) is 6.29. The molecule has 11 nitrogen and oxygen atoms in total. The van der Waals surface area contributed by atoms with E-state index in [1.54, 1.807) is 0 Å². The molecule has 2 N–H and O–H groups in total. The number of aryl methyl sites for hydroxylation is 1. The molecule has 0 radical (unpaired) electrons. The molecule has 152 valence electrons. The topological polar surface area (TPSA) is 153 Å². The summed E-state index contributed by atoms with van der Waals surface area (Å²) >= 11 is 3.05. The molecule has 3 aromatic rings. The van der Waals surface area contributed by atoms with E-state index in [1.807, 2.05) is 0 Å². The number of aliphatic hydroxyl groups excluding tert-OH is 1. The number of aliphatic hydroxyl groups is 1. The number of benzene rings is 1. The molecule has 1 amide bonds. The number of Topliss-reactive ketones (excluding diaryl/α,β-unsaturated/α-hetero) is 1. The first-order valence-corrected chi connectivity index (χ1v) is 8.99. The van der Waals surface area contributed by atoms with E-state index >= 15 is 0 Å². The summed E-state index contributed by atoms with van der Waals surface area (Å²) in [4.78, 5) is 34.5. The predicted molar refractivity (Wildman–Crippen MR) is 96.5 cm³/mol. The predicted octanol–water partition coefficient (Wildman–Crippen LogP) is 0.387. The molecule has 2 aromatic heterocycles. The zero-order valence-electron chi connectivity index (χ0n) is 14.6.